The van der Waals surface area contributed by atoms with Crippen LogP contribution >= 0.6 is 0 Å². The van der Waals surface area contributed by atoms with E-state index in [0.717, 1.165) is 18.5 Å². The first-order chi connectivity index (χ1) is 14.6. The van der Waals surface area contributed by atoms with Crippen LogP contribution in [0.1, 0.15) is 44.1 Å². The lowest BCUT2D eigenvalue weighted by Crippen LogP contribution is -2.37. The highest BCUT2D eigenvalue weighted by Gasteiger charge is 2.29. The third kappa shape index (κ3) is 4.25. The molecule has 2 amide bonds. The van der Waals surface area contributed by atoms with Gasteiger partial charge in [0.1, 0.15) is 5.82 Å². The number of halogens is 1. The number of benzene rings is 2. The Labute approximate surface area is 174 Å². The molecule has 154 valence electrons. The molecule has 4 rings (SSSR count). The Morgan fingerprint density at radius 3 is 2.67 bits per heavy atom. The number of amides is 2. The first kappa shape index (κ1) is 19.8. The zero-order chi connectivity index (χ0) is 20.9. The maximum Gasteiger partial charge on any atom is 0.272 e. The van der Waals surface area contributed by atoms with E-state index in [4.69, 9.17) is 0 Å². The summed E-state index contributed by atoms with van der Waals surface area (Å²) in [4.78, 5) is 26.9. The van der Waals surface area contributed by atoms with Crippen molar-refractivity contribution in [3.05, 3.63) is 88.5 Å². The topological polar surface area (TPSA) is 78.1 Å². The number of carbonyl (C=O) groups excluding carboxylic acids is 2. The standard InChI is InChI=1S/C23H23FN4O2/c24-19-11-5-4-10-17(19)23(30)28-14-12-20-18(15-28)21(27-26-20)22(29)25-13-6-9-16-7-2-1-3-8-16/h1-5,7-8,10-11H,6,9,12-15H2,(H,25,29)(H,26,27). The summed E-state index contributed by atoms with van der Waals surface area (Å²) in [5.41, 5.74) is 3.12. The second-order valence-corrected chi connectivity index (χ2v) is 7.33. The molecular formula is C23H23FN4O2. The number of hydrogen-bond acceptors (Lipinski definition) is 3. The predicted octanol–water partition coefficient (Wildman–Crippen LogP) is 3.11. The minimum absolute atomic E-state index is 0.0383. The lowest BCUT2D eigenvalue weighted by Gasteiger charge is -2.27. The number of fused-ring (bicyclic) bond motifs is 1. The molecular weight excluding hydrogens is 383 g/mol. The summed E-state index contributed by atoms with van der Waals surface area (Å²) in [6, 6.07) is 16.0. The number of aromatic amines is 1. The molecule has 0 unspecified atom stereocenters. The molecule has 2 N–H and O–H groups in total. The number of rotatable bonds is 6. The summed E-state index contributed by atoms with van der Waals surface area (Å²) in [6.45, 7) is 1.21. The van der Waals surface area contributed by atoms with Crippen molar-refractivity contribution < 1.29 is 14.0 Å². The van der Waals surface area contributed by atoms with E-state index < -0.39 is 5.82 Å². The van der Waals surface area contributed by atoms with Crippen molar-refractivity contribution in [2.75, 3.05) is 13.1 Å². The van der Waals surface area contributed by atoms with Crippen LogP contribution in [-0.4, -0.2) is 40.0 Å². The van der Waals surface area contributed by atoms with E-state index in [2.05, 4.69) is 27.6 Å². The molecule has 0 saturated heterocycles. The van der Waals surface area contributed by atoms with Crippen LogP contribution in [0.4, 0.5) is 4.39 Å². The van der Waals surface area contributed by atoms with Gasteiger partial charge in [-0.05, 0) is 30.5 Å². The Morgan fingerprint density at radius 1 is 1.10 bits per heavy atom. The molecule has 0 radical (unpaired) electrons. The lowest BCUT2D eigenvalue weighted by molar-refractivity contribution is 0.0726. The number of aromatic nitrogens is 2. The van der Waals surface area contributed by atoms with Gasteiger partial charge in [0.25, 0.3) is 11.8 Å². The molecule has 0 saturated carbocycles. The Bertz CT molecular complexity index is 1050. The highest BCUT2D eigenvalue weighted by Crippen LogP contribution is 2.22. The lowest BCUT2D eigenvalue weighted by atomic mass is 10.0. The quantitative estimate of drug-likeness (QED) is 0.618. The summed E-state index contributed by atoms with van der Waals surface area (Å²) in [6.07, 6.45) is 2.24. The van der Waals surface area contributed by atoms with Crippen LogP contribution in [-0.2, 0) is 19.4 Å². The molecule has 0 aliphatic carbocycles. The second kappa shape index (κ2) is 8.90. The molecule has 1 aliphatic rings. The maximum absolute atomic E-state index is 14.0. The van der Waals surface area contributed by atoms with Gasteiger partial charge in [-0.15, -0.1) is 0 Å². The van der Waals surface area contributed by atoms with Gasteiger partial charge >= 0.3 is 0 Å². The number of carbonyl (C=O) groups is 2. The van der Waals surface area contributed by atoms with Crippen LogP contribution in [0.2, 0.25) is 0 Å². The van der Waals surface area contributed by atoms with Crippen LogP contribution in [0, 0.1) is 5.82 Å². The van der Waals surface area contributed by atoms with Gasteiger partial charge in [-0.25, -0.2) is 4.39 Å². The average molecular weight is 406 g/mol. The monoisotopic (exact) mass is 406 g/mol. The Morgan fingerprint density at radius 2 is 1.87 bits per heavy atom. The number of nitrogens with zero attached hydrogens (tertiary/aromatic N) is 2. The van der Waals surface area contributed by atoms with Crippen molar-refractivity contribution in [3.63, 3.8) is 0 Å². The highest BCUT2D eigenvalue weighted by molar-refractivity contribution is 5.96. The fourth-order valence-corrected chi connectivity index (χ4v) is 3.68. The van der Waals surface area contributed by atoms with Gasteiger partial charge in [0.15, 0.2) is 5.69 Å². The van der Waals surface area contributed by atoms with Gasteiger partial charge < -0.3 is 10.2 Å². The number of aryl methyl sites for hydroxylation is 1. The van der Waals surface area contributed by atoms with Crippen LogP contribution in [0.3, 0.4) is 0 Å². The molecule has 0 fully saturated rings. The van der Waals surface area contributed by atoms with E-state index >= 15 is 0 Å². The smallest absolute Gasteiger partial charge is 0.272 e. The fraction of sp³-hybridized carbons (Fsp3) is 0.261. The second-order valence-electron chi connectivity index (χ2n) is 7.33. The first-order valence-electron chi connectivity index (χ1n) is 10.1. The summed E-state index contributed by atoms with van der Waals surface area (Å²) in [5, 5.41) is 9.99. The van der Waals surface area contributed by atoms with Gasteiger partial charge in [0.2, 0.25) is 0 Å². The average Bonchev–Trinajstić information content (AvgIpc) is 3.20. The van der Waals surface area contributed by atoms with E-state index in [1.54, 1.807) is 17.0 Å². The fourth-order valence-electron chi connectivity index (χ4n) is 3.68. The van der Waals surface area contributed by atoms with Gasteiger partial charge in [0, 0.05) is 30.8 Å². The molecule has 6 nitrogen and oxygen atoms in total. The SMILES string of the molecule is O=C(NCCCc1ccccc1)c1n[nH]c2c1CN(C(=O)c1ccccc1F)CC2. The Hall–Kier alpha value is -3.48. The van der Waals surface area contributed by atoms with Crippen molar-refractivity contribution in [2.24, 2.45) is 0 Å². The van der Waals surface area contributed by atoms with Gasteiger partial charge in [-0.3, -0.25) is 14.7 Å². The van der Waals surface area contributed by atoms with E-state index in [1.807, 2.05) is 18.2 Å². The number of hydrogen-bond donors (Lipinski definition) is 2. The molecule has 30 heavy (non-hydrogen) atoms. The van der Waals surface area contributed by atoms with Gasteiger partial charge in [-0.2, -0.15) is 5.10 Å². The summed E-state index contributed by atoms with van der Waals surface area (Å²) in [7, 11) is 0. The van der Waals surface area contributed by atoms with Crippen molar-refractivity contribution in [3.8, 4) is 0 Å². The zero-order valence-corrected chi connectivity index (χ0v) is 16.5. The van der Waals surface area contributed by atoms with Crippen LogP contribution < -0.4 is 5.32 Å². The number of nitrogens with one attached hydrogen (secondary N) is 2. The minimum atomic E-state index is -0.545. The van der Waals surface area contributed by atoms with E-state index in [-0.39, 0.29) is 23.9 Å². The normalized spacial score (nSPS) is 13.0. The van der Waals surface area contributed by atoms with Crippen molar-refractivity contribution >= 4 is 11.8 Å². The van der Waals surface area contributed by atoms with E-state index in [0.29, 0.717) is 30.8 Å². The minimum Gasteiger partial charge on any atom is -0.351 e. The molecule has 1 aliphatic heterocycles. The van der Waals surface area contributed by atoms with Gasteiger partial charge in [-0.1, -0.05) is 42.5 Å². The maximum atomic E-state index is 14.0. The third-order valence-electron chi connectivity index (χ3n) is 5.31. The van der Waals surface area contributed by atoms with E-state index in [1.165, 1.54) is 17.7 Å². The van der Waals surface area contributed by atoms with Crippen LogP contribution in [0.5, 0.6) is 0 Å². The molecule has 3 aromatic rings. The summed E-state index contributed by atoms with van der Waals surface area (Å²) >= 11 is 0. The highest BCUT2D eigenvalue weighted by atomic mass is 19.1. The molecule has 1 aromatic heterocycles. The largest absolute Gasteiger partial charge is 0.351 e. The molecule has 0 spiro atoms. The third-order valence-corrected chi connectivity index (χ3v) is 5.31. The molecule has 0 bridgehead atoms. The number of H-pyrrole nitrogens is 1. The molecule has 2 aromatic carbocycles. The van der Waals surface area contributed by atoms with Crippen molar-refractivity contribution in [1.82, 2.24) is 20.4 Å². The summed E-state index contributed by atoms with van der Waals surface area (Å²) < 4.78 is 14.0. The zero-order valence-electron chi connectivity index (χ0n) is 16.5. The Balaban J connectivity index is 1.38. The van der Waals surface area contributed by atoms with Crippen molar-refractivity contribution in [2.45, 2.75) is 25.8 Å². The van der Waals surface area contributed by atoms with E-state index in [9.17, 15) is 14.0 Å². The first-order valence-corrected chi connectivity index (χ1v) is 10.1. The molecule has 7 heteroatoms. The van der Waals surface area contributed by atoms with Gasteiger partial charge in [0.05, 0.1) is 12.1 Å². The van der Waals surface area contributed by atoms with Crippen LogP contribution in [0.25, 0.3) is 0 Å². The summed E-state index contributed by atoms with van der Waals surface area (Å²) in [5.74, 6) is -1.19. The Kier molecular flexibility index (Phi) is 5.88. The molecule has 2 heterocycles. The van der Waals surface area contributed by atoms with Crippen LogP contribution in [0.15, 0.2) is 54.6 Å². The van der Waals surface area contributed by atoms with Crippen molar-refractivity contribution in [1.29, 1.82) is 0 Å². The predicted molar refractivity (Wildman–Crippen MR) is 111 cm³/mol. The molecule has 0 atom stereocenters.